The molecule has 0 saturated carbocycles. The summed E-state index contributed by atoms with van der Waals surface area (Å²) in [6, 6.07) is 7.75. The molecule has 7 heteroatoms. The third-order valence-corrected chi connectivity index (χ3v) is 7.05. The minimum Gasteiger partial charge on any atom is -0.207 e. The predicted octanol–water partition coefficient (Wildman–Crippen LogP) is 3.76. The fourth-order valence-electron chi connectivity index (χ4n) is 1.85. The van der Waals surface area contributed by atoms with E-state index in [4.69, 9.17) is 11.6 Å². The second-order valence-corrected chi connectivity index (χ2v) is 8.33. The molecule has 1 aromatic carbocycles. The molecule has 0 aliphatic carbocycles. The maximum absolute atomic E-state index is 13.6. The van der Waals surface area contributed by atoms with Crippen molar-refractivity contribution < 1.29 is 12.8 Å². The van der Waals surface area contributed by atoms with E-state index in [1.54, 1.807) is 24.3 Å². The lowest BCUT2D eigenvalue weighted by atomic mass is 10.2. The third kappa shape index (κ3) is 3.45. The summed E-state index contributed by atoms with van der Waals surface area (Å²) in [5, 5.41) is 0. The number of benzene rings is 1. The number of nitrogens with zero attached hydrogens (tertiary/aromatic N) is 1. The first-order valence-electron chi connectivity index (χ1n) is 6.21. The maximum Gasteiger partial charge on any atom is 0.252 e. The van der Waals surface area contributed by atoms with Crippen LogP contribution >= 0.6 is 22.9 Å². The van der Waals surface area contributed by atoms with E-state index in [9.17, 15) is 12.8 Å². The van der Waals surface area contributed by atoms with E-state index < -0.39 is 15.8 Å². The van der Waals surface area contributed by atoms with E-state index in [1.807, 2.05) is 6.92 Å². The second kappa shape index (κ2) is 6.44. The molecule has 2 aromatic rings. The molecule has 0 N–H and O–H groups in total. The van der Waals surface area contributed by atoms with Crippen molar-refractivity contribution in [1.82, 2.24) is 4.31 Å². The molecule has 21 heavy (non-hydrogen) atoms. The van der Waals surface area contributed by atoms with Crippen molar-refractivity contribution in [2.24, 2.45) is 0 Å². The highest BCUT2D eigenvalue weighted by atomic mass is 35.5. The molecule has 0 spiro atoms. The van der Waals surface area contributed by atoms with Crippen molar-refractivity contribution in [3.63, 3.8) is 0 Å². The number of thiophene rings is 1. The van der Waals surface area contributed by atoms with Gasteiger partial charge in [0.25, 0.3) is 10.0 Å². The van der Waals surface area contributed by atoms with Crippen LogP contribution in [0.5, 0.6) is 0 Å². The number of rotatable bonds is 5. The highest BCUT2D eigenvalue weighted by molar-refractivity contribution is 7.91. The monoisotopic (exact) mass is 347 g/mol. The van der Waals surface area contributed by atoms with Gasteiger partial charge in [-0.25, -0.2) is 12.8 Å². The van der Waals surface area contributed by atoms with Crippen molar-refractivity contribution in [3.05, 3.63) is 52.2 Å². The highest BCUT2D eigenvalue weighted by Gasteiger charge is 2.24. The molecule has 1 heterocycles. The fraction of sp³-hybridized carbons (Fsp3) is 0.286. The summed E-state index contributed by atoms with van der Waals surface area (Å²) in [4.78, 5) is 0.828. The number of hydrogen-bond acceptors (Lipinski definition) is 3. The summed E-state index contributed by atoms with van der Waals surface area (Å²) in [7, 11) is -2.20. The zero-order chi connectivity index (χ0) is 15.6. The summed E-state index contributed by atoms with van der Waals surface area (Å²) >= 11 is 6.93. The Hall–Kier alpha value is -0.950. The number of halogens is 2. The Morgan fingerprint density at radius 2 is 2.00 bits per heavy atom. The van der Waals surface area contributed by atoms with Crippen LogP contribution in [0.25, 0.3) is 0 Å². The summed E-state index contributed by atoms with van der Waals surface area (Å²) in [5.74, 6) is -0.133. The van der Waals surface area contributed by atoms with E-state index >= 15 is 0 Å². The minimum absolute atomic E-state index is 0.0117. The highest BCUT2D eigenvalue weighted by Crippen LogP contribution is 2.29. The summed E-state index contributed by atoms with van der Waals surface area (Å²) in [5.41, 5.74) is 1.20. The predicted molar refractivity (Wildman–Crippen MR) is 83.7 cm³/mol. The van der Waals surface area contributed by atoms with Gasteiger partial charge >= 0.3 is 0 Å². The standard InChI is InChI=1S/C14H15ClFNO2S2/c1-10-7-14(20-13(10)8-15)21(18,19)17(2)9-11-5-3-4-6-12(11)16/h3-7H,8-9H2,1-2H3. The van der Waals surface area contributed by atoms with Gasteiger partial charge in [-0.1, -0.05) is 18.2 Å². The lowest BCUT2D eigenvalue weighted by molar-refractivity contribution is 0.458. The Morgan fingerprint density at radius 1 is 1.33 bits per heavy atom. The molecular weight excluding hydrogens is 333 g/mol. The molecule has 0 bridgehead atoms. The van der Waals surface area contributed by atoms with Gasteiger partial charge in [-0.3, -0.25) is 0 Å². The van der Waals surface area contributed by atoms with E-state index in [1.165, 1.54) is 13.1 Å². The molecule has 0 atom stereocenters. The molecule has 0 fully saturated rings. The van der Waals surface area contributed by atoms with Crippen LogP contribution in [0.3, 0.4) is 0 Å². The largest absolute Gasteiger partial charge is 0.252 e. The van der Waals surface area contributed by atoms with E-state index in [0.717, 1.165) is 26.1 Å². The van der Waals surface area contributed by atoms with Gasteiger partial charge in [0.2, 0.25) is 0 Å². The first-order chi connectivity index (χ1) is 9.86. The van der Waals surface area contributed by atoms with Crippen LogP contribution in [-0.2, 0) is 22.4 Å². The number of aryl methyl sites for hydroxylation is 1. The Kier molecular flexibility index (Phi) is 5.03. The van der Waals surface area contributed by atoms with Crippen molar-refractivity contribution in [3.8, 4) is 0 Å². The van der Waals surface area contributed by atoms with Crippen molar-refractivity contribution in [2.75, 3.05) is 7.05 Å². The van der Waals surface area contributed by atoms with Gasteiger partial charge in [0.05, 0.1) is 5.88 Å². The molecule has 114 valence electrons. The Balaban J connectivity index is 2.28. The first kappa shape index (κ1) is 16.4. The zero-order valence-electron chi connectivity index (χ0n) is 11.6. The molecule has 0 aliphatic heterocycles. The van der Waals surface area contributed by atoms with E-state index in [0.29, 0.717) is 5.56 Å². The van der Waals surface area contributed by atoms with Crippen molar-refractivity contribution in [2.45, 2.75) is 23.6 Å². The lowest BCUT2D eigenvalue weighted by Gasteiger charge is -2.16. The lowest BCUT2D eigenvalue weighted by Crippen LogP contribution is -2.26. The minimum atomic E-state index is -3.64. The van der Waals surface area contributed by atoms with Crippen LogP contribution < -0.4 is 0 Å². The van der Waals surface area contributed by atoms with Gasteiger partial charge in [0.15, 0.2) is 0 Å². The van der Waals surface area contributed by atoms with Crippen LogP contribution in [0.1, 0.15) is 16.0 Å². The van der Waals surface area contributed by atoms with Crippen molar-refractivity contribution >= 4 is 33.0 Å². The average Bonchev–Trinajstić information content (AvgIpc) is 2.83. The molecule has 0 aliphatic rings. The molecule has 0 radical (unpaired) electrons. The normalized spacial score (nSPS) is 12.0. The third-order valence-electron chi connectivity index (χ3n) is 3.13. The molecule has 0 unspecified atom stereocenters. The van der Waals surface area contributed by atoms with Crippen molar-refractivity contribution in [1.29, 1.82) is 0 Å². The Labute approximate surface area is 133 Å². The van der Waals surface area contributed by atoms with Gasteiger partial charge in [-0.15, -0.1) is 22.9 Å². The summed E-state index contributed by atoms with van der Waals surface area (Å²) < 4.78 is 40.0. The van der Waals surface area contributed by atoms with Crippen LogP contribution in [0.4, 0.5) is 4.39 Å². The first-order valence-corrected chi connectivity index (χ1v) is 9.00. The number of alkyl halides is 1. The second-order valence-electron chi connectivity index (χ2n) is 4.66. The van der Waals surface area contributed by atoms with E-state index in [-0.39, 0.29) is 16.6 Å². The van der Waals surface area contributed by atoms with E-state index in [2.05, 4.69) is 0 Å². The van der Waals surface area contributed by atoms with Gasteiger partial charge in [0, 0.05) is 24.0 Å². The van der Waals surface area contributed by atoms with Gasteiger partial charge in [-0.05, 0) is 24.6 Å². The van der Waals surface area contributed by atoms with Gasteiger partial charge in [0.1, 0.15) is 10.0 Å². The summed E-state index contributed by atoms with van der Waals surface area (Å²) in [6.45, 7) is 1.81. The molecule has 0 amide bonds. The molecular formula is C14H15ClFNO2S2. The molecule has 1 aromatic heterocycles. The fourth-order valence-corrected chi connectivity index (χ4v) is 5.03. The molecule has 0 saturated heterocycles. The zero-order valence-corrected chi connectivity index (χ0v) is 14.0. The molecule has 2 rings (SSSR count). The number of hydrogen-bond donors (Lipinski definition) is 0. The SMILES string of the molecule is Cc1cc(S(=O)(=O)N(C)Cc2ccccc2F)sc1CCl. The quantitative estimate of drug-likeness (QED) is 0.772. The Bertz CT molecular complexity index is 743. The maximum atomic E-state index is 13.6. The average molecular weight is 348 g/mol. The van der Waals surface area contributed by atoms with Crippen LogP contribution in [0.2, 0.25) is 0 Å². The van der Waals surface area contributed by atoms with Crippen LogP contribution in [0, 0.1) is 12.7 Å². The van der Waals surface area contributed by atoms with Gasteiger partial charge in [-0.2, -0.15) is 4.31 Å². The summed E-state index contributed by atoms with van der Waals surface area (Å²) in [6.07, 6.45) is 0. The van der Waals surface area contributed by atoms with Crippen LogP contribution in [-0.4, -0.2) is 19.8 Å². The molecule has 3 nitrogen and oxygen atoms in total. The Morgan fingerprint density at radius 3 is 2.57 bits per heavy atom. The number of sulfonamides is 1. The smallest absolute Gasteiger partial charge is 0.207 e. The topological polar surface area (TPSA) is 37.4 Å². The van der Waals surface area contributed by atoms with Gasteiger partial charge < -0.3 is 0 Å². The van der Waals surface area contributed by atoms with Crippen LogP contribution in [0.15, 0.2) is 34.5 Å².